The van der Waals surface area contributed by atoms with E-state index in [1.165, 1.54) is 5.56 Å². The summed E-state index contributed by atoms with van der Waals surface area (Å²) in [5.74, 6) is -1.20. The minimum Gasteiger partial charge on any atom is -0.481 e. The van der Waals surface area contributed by atoms with Crippen molar-refractivity contribution in [3.8, 4) is 0 Å². The van der Waals surface area contributed by atoms with Gasteiger partial charge in [-0.15, -0.1) is 0 Å². The Hall–Kier alpha value is -1.13. The summed E-state index contributed by atoms with van der Waals surface area (Å²) in [7, 11) is 0. The summed E-state index contributed by atoms with van der Waals surface area (Å²) in [5, 5.41) is 13.4. The van der Waals surface area contributed by atoms with Crippen LogP contribution in [0.4, 0.5) is 0 Å². The number of aryl methyl sites for hydroxylation is 1. The van der Waals surface area contributed by atoms with E-state index < -0.39 is 11.9 Å². The van der Waals surface area contributed by atoms with Crippen LogP contribution in [0, 0.1) is 0 Å². The highest BCUT2D eigenvalue weighted by atomic mass is 79.9. The first kappa shape index (κ1) is 13.3. The molecule has 1 atom stereocenters. The van der Waals surface area contributed by atoms with Crippen LogP contribution in [0.1, 0.15) is 23.5 Å². The third kappa shape index (κ3) is 3.43. The molecule has 0 aliphatic rings. The molecule has 0 amide bonds. The molecule has 0 aliphatic carbocycles. The Morgan fingerprint density at radius 3 is 2.83 bits per heavy atom. The predicted octanol–water partition coefficient (Wildman–Crippen LogP) is 4.31. The van der Waals surface area contributed by atoms with Crippen LogP contribution in [-0.4, -0.2) is 11.1 Å². The molecule has 2 aromatic rings. The molecule has 1 unspecified atom stereocenters. The van der Waals surface area contributed by atoms with E-state index in [-0.39, 0.29) is 0 Å². The van der Waals surface area contributed by atoms with Gasteiger partial charge in [-0.25, -0.2) is 0 Å². The van der Waals surface area contributed by atoms with Gasteiger partial charge in [0.05, 0.1) is 5.92 Å². The van der Waals surface area contributed by atoms with Crippen LogP contribution in [0.15, 0.2) is 45.6 Å². The SMILES string of the molecule is O=C(O)C(CCc1ccsc1)c1cccc(Br)c1. The Morgan fingerprint density at radius 2 is 2.22 bits per heavy atom. The van der Waals surface area contributed by atoms with E-state index in [4.69, 9.17) is 0 Å². The van der Waals surface area contributed by atoms with Crippen molar-refractivity contribution < 1.29 is 9.90 Å². The van der Waals surface area contributed by atoms with E-state index in [9.17, 15) is 9.90 Å². The maximum Gasteiger partial charge on any atom is 0.310 e. The molecule has 0 radical (unpaired) electrons. The first-order valence-electron chi connectivity index (χ1n) is 5.66. The number of benzene rings is 1. The van der Waals surface area contributed by atoms with Gasteiger partial charge in [-0.3, -0.25) is 4.79 Å². The first-order chi connectivity index (χ1) is 8.66. The highest BCUT2D eigenvalue weighted by Gasteiger charge is 2.19. The average molecular weight is 325 g/mol. The average Bonchev–Trinajstić information content (AvgIpc) is 2.82. The van der Waals surface area contributed by atoms with Gasteiger partial charge in [0.15, 0.2) is 0 Å². The third-order valence-electron chi connectivity index (χ3n) is 2.85. The molecule has 2 nitrogen and oxygen atoms in total. The van der Waals surface area contributed by atoms with E-state index in [2.05, 4.69) is 21.3 Å². The number of hydrogen-bond donors (Lipinski definition) is 1. The molecular weight excluding hydrogens is 312 g/mol. The summed E-state index contributed by atoms with van der Waals surface area (Å²) in [6.07, 6.45) is 1.43. The fourth-order valence-corrected chi connectivity index (χ4v) is 3.02. The second-order valence-electron chi connectivity index (χ2n) is 4.12. The quantitative estimate of drug-likeness (QED) is 0.889. The van der Waals surface area contributed by atoms with Crippen LogP contribution in [0.5, 0.6) is 0 Å². The van der Waals surface area contributed by atoms with Crippen LogP contribution in [-0.2, 0) is 11.2 Å². The molecule has 0 bridgehead atoms. The number of halogens is 1. The smallest absolute Gasteiger partial charge is 0.310 e. The van der Waals surface area contributed by atoms with Gasteiger partial charge in [0, 0.05) is 4.47 Å². The minimum absolute atomic E-state index is 0.442. The Balaban J connectivity index is 2.11. The molecule has 0 fully saturated rings. The van der Waals surface area contributed by atoms with Crippen LogP contribution in [0.2, 0.25) is 0 Å². The van der Waals surface area contributed by atoms with Crippen molar-refractivity contribution in [2.45, 2.75) is 18.8 Å². The van der Waals surface area contributed by atoms with Crippen LogP contribution in [0.3, 0.4) is 0 Å². The van der Waals surface area contributed by atoms with Gasteiger partial charge in [-0.2, -0.15) is 11.3 Å². The van der Waals surface area contributed by atoms with Crippen molar-refractivity contribution in [1.82, 2.24) is 0 Å². The third-order valence-corrected chi connectivity index (χ3v) is 4.08. The van der Waals surface area contributed by atoms with Crippen molar-refractivity contribution in [3.63, 3.8) is 0 Å². The molecule has 94 valence electrons. The Labute approximate surface area is 118 Å². The van der Waals surface area contributed by atoms with E-state index in [1.54, 1.807) is 11.3 Å². The number of rotatable bonds is 5. The van der Waals surface area contributed by atoms with E-state index in [1.807, 2.05) is 35.7 Å². The minimum atomic E-state index is -0.761. The van der Waals surface area contributed by atoms with Crippen molar-refractivity contribution in [3.05, 3.63) is 56.7 Å². The van der Waals surface area contributed by atoms with Gasteiger partial charge >= 0.3 is 5.97 Å². The van der Waals surface area contributed by atoms with Crippen molar-refractivity contribution in [2.24, 2.45) is 0 Å². The number of carboxylic acids is 1. The maximum absolute atomic E-state index is 11.4. The number of aliphatic carboxylic acids is 1. The number of thiophene rings is 1. The molecular formula is C14H13BrO2S. The normalized spacial score (nSPS) is 12.3. The zero-order valence-corrected chi connectivity index (χ0v) is 12.1. The van der Waals surface area contributed by atoms with Crippen molar-refractivity contribution in [1.29, 1.82) is 0 Å². The summed E-state index contributed by atoms with van der Waals surface area (Å²) in [6, 6.07) is 9.58. The van der Waals surface area contributed by atoms with E-state index >= 15 is 0 Å². The van der Waals surface area contributed by atoms with Gasteiger partial charge in [-0.1, -0.05) is 28.1 Å². The van der Waals surface area contributed by atoms with Crippen molar-refractivity contribution in [2.75, 3.05) is 0 Å². The summed E-state index contributed by atoms with van der Waals surface area (Å²) in [4.78, 5) is 11.4. The van der Waals surface area contributed by atoms with Crippen LogP contribution < -0.4 is 0 Å². The highest BCUT2D eigenvalue weighted by Crippen LogP contribution is 2.25. The Bertz CT molecular complexity index is 522. The Morgan fingerprint density at radius 1 is 1.39 bits per heavy atom. The number of hydrogen-bond acceptors (Lipinski definition) is 2. The standard InChI is InChI=1S/C14H13BrO2S/c15-12-3-1-2-11(8-12)13(14(16)17)5-4-10-6-7-18-9-10/h1-3,6-9,13H,4-5H2,(H,16,17). The van der Waals surface area contributed by atoms with E-state index in [0.29, 0.717) is 6.42 Å². The molecule has 18 heavy (non-hydrogen) atoms. The van der Waals surface area contributed by atoms with Gasteiger partial charge in [0.2, 0.25) is 0 Å². The Kier molecular flexibility index (Phi) is 4.55. The molecule has 4 heteroatoms. The molecule has 0 spiro atoms. The molecule has 1 aromatic heterocycles. The second kappa shape index (κ2) is 6.16. The summed E-state index contributed by atoms with van der Waals surface area (Å²) in [6.45, 7) is 0. The fraction of sp³-hybridized carbons (Fsp3) is 0.214. The topological polar surface area (TPSA) is 37.3 Å². The summed E-state index contributed by atoms with van der Waals surface area (Å²) in [5.41, 5.74) is 2.06. The van der Waals surface area contributed by atoms with Crippen LogP contribution in [0.25, 0.3) is 0 Å². The lowest BCUT2D eigenvalue weighted by Gasteiger charge is -2.12. The first-order valence-corrected chi connectivity index (χ1v) is 7.40. The fourth-order valence-electron chi connectivity index (χ4n) is 1.90. The lowest BCUT2D eigenvalue weighted by atomic mass is 9.93. The molecule has 1 aromatic carbocycles. The van der Waals surface area contributed by atoms with Gasteiger partial charge in [0.1, 0.15) is 0 Å². The number of carbonyl (C=O) groups is 1. The van der Waals surface area contributed by atoms with Gasteiger partial charge in [0.25, 0.3) is 0 Å². The zero-order valence-electron chi connectivity index (χ0n) is 9.67. The number of carboxylic acid groups (broad SMARTS) is 1. The molecule has 0 saturated carbocycles. The molecule has 2 rings (SSSR count). The lowest BCUT2D eigenvalue weighted by Crippen LogP contribution is -2.12. The summed E-state index contributed by atoms with van der Waals surface area (Å²) < 4.78 is 0.918. The molecule has 0 aliphatic heterocycles. The van der Waals surface area contributed by atoms with E-state index in [0.717, 1.165) is 16.5 Å². The zero-order chi connectivity index (χ0) is 13.0. The van der Waals surface area contributed by atoms with Gasteiger partial charge < -0.3 is 5.11 Å². The second-order valence-corrected chi connectivity index (χ2v) is 5.81. The van der Waals surface area contributed by atoms with Gasteiger partial charge in [-0.05, 0) is 52.9 Å². The molecule has 1 N–H and O–H groups in total. The largest absolute Gasteiger partial charge is 0.481 e. The maximum atomic E-state index is 11.4. The predicted molar refractivity (Wildman–Crippen MR) is 77.2 cm³/mol. The highest BCUT2D eigenvalue weighted by molar-refractivity contribution is 9.10. The van der Waals surface area contributed by atoms with Crippen LogP contribution >= 0.6 is 27.3 Å². The monoisotopic (exact) mass is 324 g/mol. The summed E-state index contributed by atoms with van der Waals surface area (Å²) >= 11 is 5.02. The molecule has 0 saturated heterocycles. The van der Waals surface area contributed by atoms with Crippen molar-refractivity contribution >= 4 is 33.2 Å². The molecule has 1 heterocycles. The lowest BCUT2D eigenvalue weighted by molar-refractivity contribution is -0.138.